The molecule has 0 bridgehead atoms. The van der Waals surface area contributed by atoms with Crippen LogP contribution in [0.25, 0.3) is 11.1 Å². The summed E-state index contributed by atoms with van der Waals surface area (Å²) in [7, 11) is -3.10. The molecule has 1 fully saturated rings. The Morgan fingerprint density at radius 3 is 2.58 bits per heavy atom. The number of aromatic nitrogens is 1. The van der Waals surface area contributed by atoms with E-state index in [-0.39, 0.29) is 11.7 Å². The van der Waals surface area contributed by atoms with E-state index in [1.165, 1.54) is 6.26 Å². The maximum absolute atomic E-state index is 12.4. The van der Waals surface area contributed by atoms with Crippen molar-refractivity contribution in [1.29, 1.82) is 0 Å². The summed E-state index contributed by atoms with van der Waals surface area (Å²) >= 11 is 0. The van der Waals surface area contributed by atoms with E-state index in [9.17, 15) is 13.2 Å². The van der Waals surface area contributed by atoms with Crippen molar-refractivity contribution >= 4 is 32.5 Å². The zero-order chi connectivity index (χ0) is 18.3. The molecule has 2 aromatic carbocycles. The van der Waals surface area contributed by atoms with Gasteiger partial charge in [-0.2, -0.15) is 0 Å². The average molecular weight is 370 g/mol. The predicted octanol–water partition coefficient (Wildman–Crippen LogP) is 3.50. The fraction of sp³-hybridized carbons (Fsp3) is 0.263. The van der Waals surface area contributed by atoms with E-state index < -0.39 is 9.84 Å². The van der Waals surface area contributed by atoms with Crippen molar-refractivity contribution in [3.8, 4) is 0 Å². The number of nitrogens with one attached hydrogen (secondary N) is 1. The molecule has 1 heterocycles. The highest BCUT2D eigenvalue weighted by molar-refractivity contribution is 7.89. The Balaban J connectivity index is 1.49. The van der Waals surface area contributed by atoms with E-state index in [1.54, 1.807) is 42.5 Å². The van der Waals surface area contributed by atoms with Gasteiger partial charge in [0, 0.05) is 23.4 Å². The van der Waals surface area contributed by atoms with Gasteiger partial charge in [0.2, 0.25) is 0 Å². The van der Waals surface area contributed by atoms with Gasteiger partial charge >= 0.3 is 0 Å². The van der Waals surface area contributed by atoms with Crippen molar-refractivity contribution in [1.82, 2.24) is 4.98 Å². The van der Waals surface area contributed by atoms with E-state index in [1.807, 2.05) is 0 Å². The SMILES string of the molecule is CS(=O)(=O)Cc1ccc(C(=O)Nc2ccc3oc(C4CC4)nc3c2)cc1. The minimum Gasteiger partial charge on any atom is -0.440 e. The van der Waals surface area contributed by atoms with Crippen LogP contribution < -0.4 is 5.32 Å². The topological polar surface area (TPSA) is 89.3 Å². The number of rotatable bonds is 5. The lowest BCUT2D eigenvalue weighted by atomic mass is 10.1. The monoisotopic (exact) mass is 370 g/mol. The van der Waals surface area contributed by atoms with Gasteiger partial charge in [-0.3, -0.25) is 4.79 Å². The van der Waals surface area contributed by atoms with Crippen LogP contribution in [0, 0.1) is 0 Å². The van der Waals surface area contributed by atoms with Crippen molar-refractivity contribution in [2.45, 2.75) is 24.5 Å². The standard InChI is InChI=1S/C19H18N2O4S/c1-26(23,24)11-12-2-4-13(5-3-12)18(22)20-15-8-9-17-16(10-15)21-19(25-17)14-6-7-14/h2-5,8-10,14H,6-7,11H2,1H3,(H,20,22). The molecule has 6 nitrogen and oxygen atoms in total. The third-order valence-corrected chi connectivity index (χ3v) is 5.09. The summed E-state index contributed by atoms with van der Waals surface area (Å²) in [4.78, 5) is 16.9. The van der Waals surface area contributed by atoms with E-state index in [0.717, 1.165) is 29.8 Å². The molecule has 134 valence electrons. The van der Waals surface area contributed by atoms with Crippen LogP contribution in [-0.2, 0) is 15.6 Å². The Morgan fingerprint density at radius 2 is 1.92 bits per heavy atom. The molecule has 1 saturated carbocycles. The summed E-state index contributed by atoms with van der Waals surface area (Å²) in [6.45, 7) is 0. The van der Waals surface area contributed by atoms with Gasteiger partial charge in [-0.25, -0.2) is 13.4 Å². The second-order valence-electron chi connectivity index (χ2n) is 6.73. The second-order valence-corrected chi connectivity index (χ2v) is 8.87. The first-order chi connectivity index (χ1) is 12.4. The number of oxazole rings is 1. The average Bonchev–Trinajstić information content (AvgIpc) is 3.34. The van der Waals surface area contributed by atoms with Gasteiger partial charge in [0.25, 0.3) is 5.91 Å². The van der Waals surface area contributed by atoms with Crippen LogP contribution in [0.5, 0.6) is 0 Å². The van der Waals surface area contributed by atoms with Crippen LogP contribution in [-0.4, -0.2) is 25.6 Å². The lowest BCUT2D eigenvalue weighted by Gasteiger charge is -2.06. The summed E-state index contributed by atoms with van der Waals surface area (Å²) in [5.41, 5.74) is 3.20. The van der Waals surface area contributed by atoms with Crippen molar-refractivity contribution in [2.24, 2.45) is 0 Å². The van der Waals surface area contributed by atoms with E-state index in [0.29, 0.717) is 22.7 Å². The summed E-state index contributed by atoms with van der Waals surface area (Å²) in [6.07, 6.45) is 3.42. The number of nitrogens with zero attached hydrogens (tertiary/aromatic N) is 1. The van der Waals surface area contributed by atoms with Gasteiger partial charge in [0.05, 0.1) is 5.75 Å². The molecule has 3 aromatic rings. The lowest BCUT2D eigenvalue weighted by molar-refractivity contribution is 0.102. The molecular formula is C19H18N2O4S. The molecule has 0 saturated heterocycles. The molecule has 4 rings (SSSR count). The smallest absolute Gasteiger partial charge is 0.255 e. The Hall–Kier alpha value is -2.67. The fourth-order valence-electron chi connectivity index (χ4n) is 2.79. The third-order valence-electron chi connectivity index (χ3n) is 4.23. The number of amides is 1. The molecule has 0 aliphatic heterocycles. The molecule has 1 N–H and O–H groups in total. The minimum atomic E-state index is -3.10. The molecule has 0 unspecified atom stereocenters. The van der Waals surface area contributed by atoms with Gasteiger partial charge in [-0.1, -0.05) is 12.1 Å². The Bertz CT molecular complexity index is 1080. The number of sulfone groups is 1. The van der Waals surface area contributed by atoms with Gasteiger partial charge in [-0.15, -0.1) is 0 Å². The molecule has 1 aliphatic carbocycles. The van der Waals surface area contributed by atoms with Crippen molar-refractivity contribution < 1.29 is 17.6 Å². The normalized spacial score (nSPS) is 14.5. The molecule has 1 amide bonds. The third kappa shape index (κ3) is 3.77. The van der Waals surface area contributed by atoms with Crippen LogP contribution in [0.2, 0.25) is 0 Å². The predicted molar refractivity (Wildman–Crippen MR) is 98.9 cm³/mol. The quantitative estimate of drug-likeness (QED) is 0.742. The number of carbonyl (C=O) groups is 1. The molecular weight excluding hydrogens is 352 g/mol. The zero-order valence-electron chi connectivity index (χ0n) is 14.2. The van der Waals surface area contributed by atoms with Crippen molar-refractivity contribution in [2.75, 3.05) is 11.6 Å². The molecule has 1 aliphatic rings. The molecule has 1 aromatic heterocycles. The van der Waals surface area contributed by atoms with Crippen molar-refractivity contribution in [3.63, 3.8) is 0 Å². The van der Waals surface area contributed by atoms with Crippen molar-refractivity contribution in [3.05, 3.63) is 59.5 Å². The summed E-state index contributed by atoms with van der Waals surface area (Å²) < 4.78 is 28.4. The maximum Gasteiger partial charge on any atom is 0.255 e. The fourth-order valence-corrected chi connectivity index (χ4v) is 3.58. The molecule has 0 radical (unpaired) electrons. The Morgan fingerprint density at radius 1 is 1.19 bits per heavy atom. The molecule has 26 heavy (non-hydrogen) atoms. The number of carbonyl (C=O) groups excluding carboxylic acids is 1. The van der Waals surface area contributed by atoms with Gasteiger partial charge in [0.15, 0.2) is 21.3 Å². The largest absolute Gasteiger partial charge is 0.440 e. The lowest BCUT2D eigenvalue weighted by Crippen LogP contribution is -2.12. The first-order valence-corrected chi connectivity index (χ1v) is 10.4. The van der Waals surface area contributed by atoms with Gasteiger partial charge in [-0.05, 0) is 48.7 Å². The van der Waals surface area contributed by atoms with Crippen LogP contribution in [0.3, 0.4) is 0 Å². The minimum absolute atomic E-state index is 0.0406. The first kappa shape index (κ1) is 16.8. The summed E-state index contributed by atoms with van der Waals surface area (Å²) in [5.74, 6) is 0.901. The summed E-state index contributed by atoms with van der Waals surface area (Å²) in [5, 5.41) is 2.83. The van der Waals surface area contributed by atoms with Crippen LogP contribution in [0.15, 0.2) is 46.9 Å². The zero-order valence-corrected chi connectivity index (χ0v) is 15.0. The van der Waals surface area contributed by atoms with Gasteiger partial charge in [0.1, 0.15) is 5.52 Å². The summed E-state index contributed by atoms with van der Waals surface area (Å²) in [6, 6.07) is 11.9. The van der Waals surface area contributed by atoms with E-state index >= 15 is 0 Å². The van der Waals surface area contributed by atoms with Crippen LogP contribution in [0.4, 0.5) is 5.69 Å². The maximum atomic E-state index is 12.4. The highest BCUT2D eigenvalue weighted by Crippen LogP contribution is 2.40. The number of hydrogen-bond donors (Lipinski definition) is 1. The number of anilines is 1. The first-order valence-electron chi connectivity index (χ1n) is 8.36. The Kier molecular flexibility index (Phi) is 4.03. The molecule has 7 heteroatoms. The van der Waals surface area contributed by atoms with E-state index in [4.69, 9.17) is 4.42 Å². The number of benzene rings is 2. The number of hydrogen-bond acceptors (Lipinski definition) is 5. The Labute approximate surface area is 151 Å². The molecule has 0 spiro atoms. The van der Waals surface area contributed by atoms with Gasteiger partial charge < -0.3 is 9.73 Å². The second kappa shape index (κ2) is 6.25. The van der Waals surface area contributed by atoms with Crippen LogP contribution in [0.1, 0.15) is 40.6 Å². The molecule has 0 atom stereocenters. The highest BCUT2D eigenvalue weighted by atomic mass is 32.2. The highest BCUT2D eigenvalue weighted by Gasteiger charge is 2.28. The number of fused-ring (bicyclic) bond motifs is 1. The van der Waals surface area contributed by atoms with E-state index in [2.05, 4.69) is 10.3 Å². The van der Waals surface area contributed by atoms with Crippen LogP contribution >= 0.6 is 0 Å².